The van der Waals surface area contributed by atoms with Crippen molar-refractivity contribution in [1.29, 1.82) is 0 Å². The highest BCUT2D eigenvalue weighted by Gasteiger charge is 2.35. The van der Waals surface area contributed by atoms with Crippen molar-refractivity contribution >= 4 is 5.91 Å². The van der Waals surface area contributed by atoms with Gasteiger partial charge in [0.05, 0.1) is 12.2 Å². The minimum atomic E-state index is -4.54. The van der Waals surface area contributed by atoms with Gasteiger partial charge in [0, 0.05) is 25.9 Å². The van der Waals surface area contributed by atoms with Crippen molar-refractivity contribution in [2.24, 2.45) is 14.1 Å². The summed E-state index contributed by atoms with van der Waals surface area (Å²) >= 11 is 0. The normalized spacial score (nSPS) is 11.7. The quantitative estimate of drug-likeness (QED) is 0.932. The summed E-state index contributed by atoms with van der Waals surface area (Å²) in [6.07, 6.45) is -4.54. The van der Waals surface area contributed by atoms with Gasteiger partial charge in [0.15, 0.2) is 5.69 Å². The average molecular weight is 301 g/mol. The summed E-state index contributed by atoms with van der Waals surface area (Å²) in [5, 5.41) is 10.2. The van der Waals surface area contributed by atoms with Crippen LogP contribution in [-0.2, 0) is 26.8 Å². The van der Waals surface area contributed by atoms with Gasteiger partial charge in [-0.2, -0.15) is 23.4 Å². The van der Waals surface area contributed by atoms with E-state index in [2.05, 4.69) is 15.5 Å². The number of aromatic nitrogens is 4. The van der Waals surface area contributed by atoms with Crippen LogP contribution >= 0.6 is 0 Å². The summed E-state index contributed by atoms with van der Waals surface area (Å²) in [7, 11) is 2.90. The van der Waals surface area contributed by atoms with E-state index in [9.17, 15) is 18.0 Å². The molecule has 0 saturated heterocycles. The summed E-state index contributed by atoms with van der Waals surface area (Å²) in [6.45, 7) is 1.98. The number of amides is 1. The fourth-order valence-electron chi connectivity index (χ4n) is 1.83. The molecule has 0 spiro atoms. The van der Waals surface area contributed by atoms with Crippen molar-refractivity contribution in [1.82, 2.24) is 24.9 Å². The molecular weight excluding hydrogens is 287 g/mol. The molecular formula is C12H14F3N5O. The number of carbonyl (C=O) groups excluding carboxylic acids is 1. The molecule has 0 atom stereocenters. The van der Waals surface area contributed by atoms with Gasteiger partial charge in [0.2, 0.25) is 0 Å². The van der Waals surface area contributed by atoms with Gasteiger partial charge in [0.1, 0.15) is 5.69 Å². The van der Waals surface area contributed by atoms with Gasteiger partial charge in [-0.25, -0.2) is 0 Å². The number of rotatable bonds is 3. The second-order valence-electron chi connectivity index (χ2n) is 4.62. The van der Waals surface area contributed by atoms with E-state index in [1.165, 1.54) is 0 Å². The molecule has 0 unspecified atom stereocenters. The largest absolute Gasteiger partial charge is 0.433 e. The standard InChI is InChI=1S/C12H14F3N5O/c1-7-4-8(17-19(7)2)6-16-11(21)9-5-10(12(13,14)15)20(3)18-9/h4-5H,6H2,1-3H3,(H,16,21). The first-order valence-electron chi connectivity index (χ1n) is 6.07. The average Bonchev–Trinajstić information content (AvgIpc) is 2.90. The number of halogens is 3. The van der Waals surface area contributed by atoms with Crippen LogP contribution in [-0.4, -0.2) is 25.5 Å². The summed E-state index contributed by atoms with van der Waals surface area (Å²) in [6, 6.07) is 2.50. The van der Waals surface area contributed by atoms with Crippen LogP contribution in [0.1, 0.15) is 27.6 Å². The predicted octanol–water partition coefficient (Wildman–Crippen LogP) is 1.41. The van der Waals surface area contributed by atoms with Gasteiger partial charge in [0.25, 0.3) is 5.91 Å². The Labute approximate surface area is 118 Å². The third-order valence-electron chi connectivity index (χ3n) is 3.00. The highest BCUT2D eigenvalue weighted by Crippen LogP contribution is 2.29. The minimum Gasteiger partial charge on any atom is -0.345 e. The zero-order chi connectivity index (χ0) is 15.8. The Bertz CT molecular complexity index is 651. The predicted molar refractivity (Wildman–Crippen MR) is 67.3 cm³/mol. The molecule has 2 aromatic rings. The lowest BCUT2D eigenvalue weighted by atomic mass is 10.3. The van der Waals surface area contributed by atoms with Crippen molar-refractivity contribution < 1.29 is 18.0 Å². The number of aryl methyl sites for hydroxylation is 3. The van der Waals surface area contributed by atoms with E-state index in [4.69, 9.17) is 0 Å². The Morgan fingerprint density at radius 2 is 1.90 bits per heavy atom. The lowest BCUT2D eigenvalue weighted by Gasteiger charge is -2.04. The molecule has 2 heterocycles. The van der Waals surface area contributed by atoms with E-state index < -0.39 is 17.8 Å². The number of alkyl halides is 3. The van der Waals surface area contributed by atoms with Crippen LogP contribution in [0.4, 0.5) is 13.2 Å². The van der Waals surface area contributed by atoms with Crippen LogP contribution in [0.5, 0.6) is 0 Å². The summed E-state index contributed by atoms with van der Waals surface area (Å²) in [5.74, 6) is -0.676. The zero-order valence-corrected chi connectivity index (χ0v) is 11.7. The number of hydrogen-bond acceptors (Lipinski definition) is 3. The first kappa shape index (κ1) is 15.1. The molecule has 0 aliphatic rings. The van der Waals surface area contributed by atoms with Gasteiger partial charge in [-0.05, 0) is 13.0 Å². The van der Waals surface area contributed by atoms with E-state index in [0.29, 0.717) is 10.4 Å². The molecule has 6 nitrogen and oxygen atoms in total. The third-order valence-corrected chi connectivity index (χ3v) is 3.00. The van der Waals surface area contributed by atoms with Gasteiger partial charge < -0.3 is 5.32 Å². The molecule has 1 amide bonds. The molecule has 0 fully saturated rings. The zero-order valence-electron chi connectivity index (χ0n) is 11.7. The van der Waals surface area contributed by atoms with Crippen LogP contribution < -0.4 is 5.32 Å². The molecule has 0 bridgehead atoms. The molecule has 21 heavy (non-hydrogen) atoms. The Hall–Kier alpha value is -2.32. The topological polar surface area (TPSA) is 64.7 Å². The molecule has 0 saturated carbocycles. The number of hydrogen-bond donors (Lipinski definition) is 1. The highest BCUT2D eigenvalue weighted by atomic mass is 19.4. The van der Waals surface area contributed by atoms with Crippen molar-refractivity contribution in [2.75, 3.05) is 0 Å². The summed E-state index contributed by atoms with van der Waals surface area (Å²) < 4.78 is 40.1. The van der Waals surface area contributed by atoms with Crippen molar-refractivity contribution in [3.05, 3.63) is 34.9 Å². The Balaban J connectivity index is 2.07. The summed E-state index contributed by atoms with van der Waals surface area (Å²) in [5.41, 5.74) is 0.283. The maximum Gasteiger partial charge on any atom is 0.433 e. The number of nitrogens with one attached hydrogen (secondary N) is 1. The first-order chi connectivity index (χ1) is 9.68. The van der Waals surface area contributed by atoms with Crippen LogP contribution in [0, 0.1) is 6.92 Å². The number of nitrogens with zero attached hydrogens (tertiary/aromatic N) is 4. The Morgan fingerprint density at radius 1 is 1.24 bits per heavy atom. The van der Waals surface area contributed by atoms with E-state index in [-0.39, 0.29) is 12.2 Å². The second kappa shape index (κ2) is 5.23. The van der Waals surface area contributed by atoms with E-state index >= 15 is 0 Å². The molecule has 0 aliphatic heterocycles. The molecule has 114 valence electrons. The van der Waals surface area contributed by atoms with Gasteiger partial charge in [-0.3, -0.25) is 14.2 Å². The van der Waals surface area contributed by atoms with Crippen LogP contribution in [0.3, 0.4) is 0 Å². The molecule has 0 aliphatic carbocycles. The van der Waals surface area contributed by atoms with Crippen molar-refractivity contribution in [2.45, 2.75) is 19.6 Å². The summed E-state index contributed by atoms with van der Waals surface area (Å²) in [4.78, 5) is 11.8. The Morgan fingerprint density at radius 3 is 2.38 bits per heavy atom. The smallest absolute Gasteiger partial charge is 0.345 e. The van der Waals surface area contributed by atoms with Gasteiger partial charge >= 0.3 is 6.18 Å². The van der Waals surface area contributed by atoms with Gasteiger partial charge in [-0.15, -0.1) is 0 Å². The molecule has 1 N–H and O–H groups in total. The molecule has 2 aromatic heterocycles. The van der Waals surface area contributed by atoms with Crippen LogP contribution in [0.25, 0.3) is 0 Å². The first-order valence-corrected chi connectivity index (χ1v) is 6.07. The van der Waals surface area contributed by atoms with E-state index in [1.54, 1.807) is 17.8 Å². The highest BCUT2D eigenvalue weighted by molar-refractivity contribution is 5.92. The number of carbonyl (C=O) groups is 1. The molecule has 0 radical (unpaired) electrons. The monoisotopic (exact) mass is 301 g/mol. The third kappa shape index (κ3) is 3.23. The van der Waals surface area contributed by atoms with Crippen molar-refractivity contribution in [3.8, 4) is 0 Å². The van der Waals surface area contributed by atoms with Crippen LogP contribution in [0.2, 0.25) is 0 Å². The van der Waals surface area contributed by atoms with E-state index in [0.717, 1.165) is 18.8 Å². The SMILES string of the molecule is Cc1cc(CNC(=O)c2cc(C(F)(F)F)n(C)n2)nn1C. The maximum absolute atomic E-state index is 12.6. The van der Waals surface area contributed by atoms with E-state index in [1.807, 2.05) is 6.92 Å². The second-order valence-corrected chi connectivity index (χ2v) is 4.62. The molecule has 2 rings (SSSR count). The lowest BCUT2D eigenvalue weighted by molar-refractivity contribution is -0.143. The molecule has 9 heteroatoms. The maximum atomic E-state index is 12.6. The fraction of sp³-hybridized carbons (Fsp3) is 0.417. The Kier molecular flexibility index (Phi) is 3.75. The molecule has 0 aromatic carbocycles. The van der Waals surface area contributed by atoms with Crippen molar-refractivity contribution in [3.63, 3.8) is 0 Å². The van der Waals surface area contributed by atoms with Crippen LogP contribution in [0.15, 0.2) is 12.1 Å². The van der Waals surface area contributed by atoms with Gasteiger partial charge in [-0.1, -0.05) is 0 Å². The fourth-order valence-corrected chi connectivity index (χ4v) is 1.83. The lowest BCUT2D eigenvalue weighted by Crippen LogP contribution is -2.23. The minimum absolute atomic E-state index is 0.123.